The van der Waals surface area contributed by atoms with E-state index in [-0.39, 0.29) is 6.04 Å². The van der Waals surface area contributed by atoms with Gasteiger partial charge in [0, 0.05) is 10.9 Å². The maximum Gasteiger partial charge on any atom is 0.161 e. The van der Waals surface area contributed by atoms with Gasteiger partial charge < -0.3 is 15.2 Å². The first-order chi connectivity index (χ1) is 12.3. The highest BCUT2D eigenvalue weighted by atomic mass is 32.1. The molecular weight excluding hydrogens is 330 g/mol. The van der Waals surface area contributed by atoms with Gasteiger partial charge in [-0.3, -0.25) is 0 Å². The Morgan fingerprint density at radius 2 is 1.76 bits per heavy atom. The second-order valence-electron chi connectivity index (χ2n) is 5.81. The van der Waals surface area contributed by atoms with Gasteiger partial charge in [0.1, 0.15) is 6.61 Å². The van der Waals surface area contributed by atoms with Gasteiger partial charge in [-0.1, -0.05) is 42.5 Å². The van der Waals surface area contributed by atoms with Crippen LogP contribution in [0.4, 0.5) is 0 Å². The zero-order chi connectivity index (χ0) is 17.5. The highest BCUT2D eigenvalue weighted by Crippen LogP contribution is 2.31. The standard InChI is InChI=1S/C21H23NO2S/c1-2-23-20-14-17(13-18(22)21-9-6-12-25-21)10-11-19(20)24-15-16-7-4-3-5-8-16/h3-12,14,18H,2,13,15,22H2,1H3. The van der Waals surface area contributed by atoms with Crippen LogP contribution < -0.4 is 15.2 Å². The van der Waals surface area contributed by atoms with Crippen LogP contribution in [-0.4, -0.2) is 6.61 Å². The van der Waals surface area contributed by atoms with Gasteiger partial charge in [0.2, 0.25) is 0 Å². The predicted molar refractivity (Wildman–Crippen MR) is 103 cm³/mol. The van der Waals surface area contributed by atoms with Crippen LogP contribution in [0, 0.1) is 0 Å². The molecule has 1 aromatic heterocycles. The van der Waals surface area contributed by atoms with Gasteiger partial charge in [-0.15, -0.1) is 11.3 Å². The van der Waals surface area contributed by atoms with Crippen molar-refractivity contribution in [2.45, 2.75) is 26.0 Å². The van der Waals surface area contributed by atoms with Crippen molar-refractivity contribution < 1.29 is 9.47 Å². The summed E-state index contributed by atoms with van der Waals surface area (Å²) in [5, 5.41) is 2.06. The quantitative estimate of drug-likeness (QED) is 0.622. The van der Waals surface area contributed by atoms with E-state index in [1.165, 1.54) is 4.88 Å². The molecule has 3 aromatic rings. The molecule has 0 fully saturated rings. The molecule has 2 aromatic carbocycles. The Bertz CT molecular complexity index is 772. The molecule has 1 unspecified atom stereocenters. The monoisotopic (exact) mass is 353 g/mol. The smallest absolute Gasteiger partial charge is 0.161 e. The van der Waals surface area contributed by atoms with Crippen molar-refractivity contribution in [2.24, 2.45) is 5.73 Å². The molecule has 0 spiro atoms. The lowest BCUT2D eigenvalue weighted by molar-refractivity contribution is 0.269. The summed E-state index contributed by atoms with van der Waals surface area (Å²) in [7, 11) is 0. The first-order valence-corrected chi connectivity index (χ1v) is 9.35. The maximum atomic E-state index is 6.31. The van der Waals surface area contributed by atoms with Crippen LogP contribution in [0.2, 0.25) is 0 Å². The molecular formula is C21H23NO2S. The van der Waals surface area contributed by atoms with E-state index in [0.29, 0.717) is 13.2 Å². The molecule has 0 saturated heterocycles. The van der Waals surface area contributed by atoms with Crippen LogP contribution in [0.3, 0.4) is 0 Å². The predicted octanol–water partition coefficient (Wildman–Crippen LogP) is 4.97. The van der Waals surface area contributed by atoms with Crippen LogP contribution in [0.5, 0.6) is 11.5 Å². The molecule has 4 heteroatoms. The van der Waals surface area contributed by atoms with Gasteiger partial charge in [-0.05, 0) is 48.1 Å². The molecule has 3 rings (SSSR count). The van der Waals surface area contributed by atoms with Crippen molar-refractivity contribution >= 4 is 11.3 Å². The zero-order valence-electron chi connectivity index (χ0n) is 14.4. The molecule has 0 aliphatic carbocycles. The Kier molecular flexibility index (Phi) is 6.09. The topological polar surface area (TPSA) is 44.5 Å². The molecule has 2 N–H and O–H groups in total. The average molecular weight is 353 g/mol. The van der Waals surface area contributed by atoms with Crippen LogP contribution in [0.15, 0.2) is 66.0 Å². The normalized spacial score (nSPS) is 11.9. The summed E-state index contributed by atoms with van der Waals surface area (Å²) >= 11 is 1.69. The Morgan fingerprint density at radius 1 is 0.920 bits per heavy atom. The molecule has 1 atom stereocenters. The van der Waals surface area contributed by atoms with E-state index in [0.717, 1.165) is 29.0 Å². The third-order valence-electron chi connectivity index (χ3n) is 3.91. The fourth-order valence-electron chi connectivity index (χ4n) is 2.66. The molecule has 25 heavy (non-hydrogen) atoms. The van der Waals surface area contributed by atoms with E-state index in [2.05, 4.69) is 29.6 Å². The van der Waals surface area contributed by atoms with E-state index in [1.807, 2.05) is 43.3 Å². The Labute approximate surface area is 153 Å². The second-order valence-corrected chi connectivity index (χ2v) is 6.79. The maximum absolute atomic E-state index is 6.31. The number of nitrogens with two attached hydrogens (primary N) is 1. The van der Waals surface area contributed by atoms with Crippen molar-refractivity contribution in [3.63, 3.8) is 0 Å². The number of hydrogen-bond donors (Lipinski definition) is 1. The summed E-state index contributed by atoms with van der Waals surface area (Å²) in [6.45, 7) is 3.10. The fraction of sp³-hybridized carbons (Fsp3) is 0.238. The summed E-state index contributed by atoms with van der Waals surface area (Å²) in [4.78, 5) is 1.20. The molecule has 130 valence electrons. The number of rotatable bonds is 8. The van der Waals surface area contributed by atoms with Gasteiger partial charge in [0.15, 0.2) is 11.5 Å². The minimum atomic E-state index is 0.00515. The summed E-state index contributed by atoms with van der Waals surface area (Å²) in [5.74, 6) is 1.54. The summed E-state index contributed by atoms with van der Waals surface area (Å²) in [6, 6.07) is 20.3. The third kappa shape index (κ3) is 4.84. The minimum absolute atomic E-state index is 0.00515. The molecule has 3 nitrogen and oxygen atoms in total. The molecule has 0 aliphatic rings. The number of hydrogen-bond acceptors (Lipinski definition) is 4. The summed E-state index contributed by atoms with van der Waals surface area (Å²) < 4.78 is 11.7. The first kappa shape index (κ1) is 17.5. The highest BCUT2D eigenvalue weighted by Gasteiger charge is 2.12. The number of benzene rings is 2. The van der Waals surface area contributed by atoms with Crippen LogP contribution in [0.1, 0.15) is 29.0 Å². The summed E-state index contributed by atoms with van der Waals surface area (Å²) in [5.41, 5.74) is 8.59. The molecule has 0 amide bonds. The van der Waals surface area contributed by atoms with Gasteiger partial charge in [0.25, 0.3) is 0 Å². The van der Waals surface area contributed by atoms with Crippen molar-refractivity contribution in [2.75, 3.05) is 6.61 Å². The van der Waals surface area contributed by atoms with Gasteiger partial charge in [0.05, 0.1) is 6.61 Å². The van der Waals surface area contributed by atoms with Crippen molar-refractivity contribution in [3.8, 4) is 11.5 Å². The van der Waals surface area contributed by atoms with E-state index < -0.39 is 0 Å². The van der Waals surface area contributed by atoms with Crippen LogP contribution >= 0.6 is 11.3 Å². The molecule has 0 saturated carbocycles. The zero-order valence-corrected chi connectivity index (χ0v) is 15.2. The largest absolute Gasteiger partial charge is 0.490 e. The van der Waals surface area contributed by atoms with Gasteiger partial charge >= 0.3 is 0 Å². The van der Waals surface area contributed by atoms with E-state index in [4.69, 9.17) is 15.2 Å². The van der Waals surface area contributed by atoms with Crippen LogP contribution in [0.25, 0.3) is 0 Å². The molecule has 0 bridgehead atoms. The summed E-state index contributed by atoms with van der Waals surface area (Å²) in [6.07, 6.45) is 0.777. The first-order valence-electron chi connectivity index (χ1n) is 8.47. The minimum Gasteiger partial charge on any atom is -0.490 e. The lowest BCUT2D eigenvalue weighted by atomic mass is 10.0. The van der Waals surface area contributed by atoms with Crippen molar-refractivity contribution in [1.29, 1.82) is 0 Å². The van der Waals surface area contributed by atoms with Crippen molar-refractivity contribution in [1.82, 2.24) is 0 Å². The fourth-order valence-corrected chi connectivity index (χ4v) is 3.39. The van der Waals surface area contributed by atoms with E-state index in [9.17, 15) is 0 Å². The lowest BCUT2D eigenvalue weighted by Crippen LogP contribution is -2.12. The van der Waals surface area contributed by atoms with Crippen molar-refractivity contribution in [3.05, 3.63) is 82.0 Å². The lowest BCUT2D eigenvalue weighted by Gasteiger charge is -2.15. The third-order valence-corrected chi connectivity index (χ3v) is 4.91. The molecule has 0 radical (unpaired) electrons. The van der Waals surface area contributed by atoms with E-state index >= 15 is 0 Å². The van der Waals surface area contributed by atoms with Gasteiger partial charge in [-0.2, -0.15) is 0 Å². The average Bonchev–Trinajstić information content (AvgIpc) is 3.17. The Balaban J connectivity index is 1.71. The Hall–Kier alpha value is -2.30. The molecule has 0 aliphatic heterocycles. The van der Waals surface area contributed by atoms with Crippen LogP contribution in [-0.2, 0) is 13.0 Å². The number of ether oxygens (including phenoxy) is 2. The Morgan fingerprint density at radius 3 is 2.48 bits per heavy atom. The molecule has 1 heterocycles. The van der Waals surface area contributed by atoms with E-state index in [1.54, 1.807) is 11.3 Å². The second kappa shape index (κ2) is 8.70. The van der Waals surface area contributed by atoms with Gasteiger partial charge in [-0.25, -0.2) is 0 Å². The highest BCUT2D eigenvalue weighted by molar-refractivity contribution is 7.10. The number of thiophene rings is 1. The SMILES string of the molecule is CCOc1cc(CC(N)c2cccs2)ccc1OCc1ccccc1.